The summed E-state index contributed by atoms with van der Waals surface area (Å²) in [5.41, 5.74) is 1.92. The number of halogens is 1. The molecule has 0 radical (unpaired) electrons. The van der Waals surface area contributed by atoms with Crippen molar-refractivity contribution >= 4 is 21.6 Å². The first-order chi connectivity index (χ1) is 11.8. The third-order valence-electron chi connectivity index (χ3n) is 3.58. The summed E-state index contributed by atoms with van der Waals surface area (Å²) in [6, 6.07) is 12.9. The number of rotatable bonds is 5. The van der Waals surface area contributed by atoms with Crippen molar-refractivity contribution in [3.63, 3.8) is 0 Å². The molecular formula is C17H16ClN3O3S. The van der Waals surface area contributed by atoms with Crippen molar-refractivity contribution in [2.75, 3.05) is 0 Å². The molecule has 0 saturated carbocycles. The Morgan fingerprint density at radius 1 is 1.08 bits per heavy atom. The van der Waals surface area contributed by atoms with Gasteiger partial charge in [-0.05, 0) is 38.1 Å². The van der Waals surface area contributed by atoms with Crippen LogP contribution in [0.5, 0.6) is 0 Å². The summed E-state index contributed by atoms with van der Waals surface area (Å²) >= 11 is 5.79. The van der Waals surface area contributed by atoms with Gasteiger partial charge in [-0.25, -0.2) is 8.42 Å². The number of aromatic nitrogens is 2. The Morgan fingerprint density at radius 3 is 2.36 bits per heavy atom. The highest BCUT2D eigenvalue weighted by molar-refractivity contribution is 7.89. The highest BCUT2D eigenvalue weighted by Gasteiger charge is 2.22. The SMILES string of the molecule is Cc1ccc(-c2noc(C(C)NS(=O)(=O)c3ccc(Cl)cc3)n2)cc1. The second-order valence-corrected chi connectivity index (χ2v) is 7.77. The second-order valence-electron chi connectivity index (χ2n) is 5.62. The van der Waals surface area contributed by atoms with Crippen LogP contribution in [0.3, 0.4) is 0 Å². The summed E-state index contributed by atoms with van der Waals surface area (Å²) in [5, 5.41) is 4.38. The predicted octanol–water partition coefficient (Wildman–Crippen LogP) is 3.74. The molecule has 1 unspecified atom stereocenters. The van der Waals surface area contributed by atoms with Crippen molar-refractivity contribution in [2.45, 2.75) is 24.8 Å². The molecule has 3 aromatic rings. The van der Waals surface area contributed by atoms with Gasteiger partial charge in [0.2, 0.25) is 21.7 Å². The van der Waals surface area contributed by atoms with Crippen molar-refractivity contribution < 1.29 is 12.9 Å². The van der Waals surface area contributed by atoms with E-state index < -0.39 is 16.1 Å². The minimum atomic E-state index is -3.72. The standard InChI is InChI=1S/C17H16ClN3O3S/c1-11-3-5-13(6-4-11)16-19-17(24-20-16)12(2)21-25(22,23)15-9-7-14(18)8-10-15/h3-10,12,21H,1-2H3. The fourth-order valence-corrected chi connectivity index (χ4v) is 3.52. The second kappa shape index (κ2) is 6.95. The van der Waals surface area contributed by atoms with E-state index in [1.807, 2.05) is 31.2 Å². The minimum Gasteiger partial charge on any atom is -0.337 e. The van der Waals surface area contributed by atoms with Gasteiger partial charge in [0.15, 0.2) is 0 Å². The van der Waals surface area contributed by atoms with Crippen LogP contribution in [0.2, 0.25) is 5.02 Å². The van der Waals surface area contributed by atoms with E-state index in [1.54, 1.807) is 6.92 Å². The van der Waals surface area contributed by atoms with Gasteiger partial charge in [0.1, 0.15) is 0 Å². The monoisotopic (exact) mass is 377 g/mol. The fourth-order valence-electron chi connectivity index (χ4n) is 2.20. The number of nitrogens with zero attached hydrogens (tertiary/aromatic N) is 2. The molecule has 3 rings (SSSR count). The van der Waals surface area contributed by atoms with Crippen molar-refractivity contribution in [3.8, 4) is 11.4 Å². The smallest absolute Gasteiger partial charge is 0.244 e. The molecule has 0 spiro atoms. The van der Waals surface area contributed by atoms with Crippen LogP contribution in [-0.2, 0) is 10.0 Å². The maximum atomic E-state index is 12.4. The first-order valence-electron chi connectivity index (χ1n) is 7.54. The highest BCUT2D eigenvalue weighted by Crippen LogP contribution is 2.21. The number of benzene rings is 2. The molecule has 0 aliphatic carbocycles. The molecule has 1 aromatic heterocycles. The van der Waals surface area contributed by atoms with Crippen LogP contribution in [-0.4, -0.2) is 18.6 Å². The van der Waals surface area contributed by atoms with Crippen LogP contribution in [0.15, 0.2) is 57.9 Å². The summed E-state index contributed by atoms with van der Waals surface area (Å²) in [5.74, 6) is 0.598. The maximum Gasteiger partial charge on any atom is 0.244 e. The summed E-state index contributed by atoms with van der Waals surface area (Å²) in [4.78, 5) is 4.39. The Morgan fingerprint density at radius 2 is 1.72 bits per heavy atom. The van der Waals surface area contributed by atoms with E-state index in [2.05, 4.69) is 14.9 Å². The topological polar surface area (TPSA) is 85.1 Å². The zero-order chi connectivity index (χ0) is 18.0. The quantitative estimate of drug-likeness (QED) is 0.732. The average Bonchev–Trinajstić information content (AvgIpc) is 3.06. The molecule has 0 bridgehead atoms. The van der Waals surface area contributed by atoms with E-state index in [0.717, 1.165) is 11.1 Å². The van der Waals surface area contributed by atoms with E-state index in [0.29, 0.717) is 10.8 Å². The zero-order valence-electron chi connectivity index (χ0n) is 13.6. The van der Waals surface area contributed by atoms with Crippen molar-refractivity contribution in [2.24, 2.45) is 0 Å². The lowest BCUT2D eigenvalue weighted by atomic mass is 10.1. The Hall–Kier alpha value is -2.22. The lowest BCUT2D eigenvalue weighted by Crippen LogP contribution is -2.27. The highest BCUT2D eigenvalue weighted by atomic mass is 35.5. The lowest BCUT2D eigenvalue weighted by Gasteiger charge is -2.10. The predicted molar refractivity (Wildman–Crippen MR) is 94.7 cm³/mol. The molecule has 1 atom stereocenters. The molecule has 0 aliphatic heterocycles. The minimum absolute atomic E-state index is 0.113. The fraction of sp³-hybridized carbons (Fsp3) is 0.176. The molecule has 1 heterocycles. The van der Waals surface area contributed by atoms with Gasteiger partial charge in [0, 0.05) is 10.6 Å². The third-order valence-corrected chi connectivity index (χ3v) is 5.39. The Labute approximate surface area is 150 Å². The van der Waals surface area contributed by atoms with Gasteiger partial charge >= 0.3 is 0 Å². The van der Waals surface area contributed by atoms with Crippen LogP contribution in [0.4, 0.5) is 0 Å². The summed E-state index contributed by atoms with van der Waals surface area (Å²) < 4.78 is 32.5. The molecule has 0 fully saturated rings. The summed E-state index contributed by atoms with van der Waals surface area (Å²) in [6.45, 7) is 3.62. The molecule has 8 heteroatoms. The molecule has 1 N–H and O–H groups in total. The Balaban J connectivity index is 1.78. The zero-order valence-corrected chi connectivity index (χ0v) is 15.2. The Bertz CT molecular complexity index is 967. The first kappa shape index (κ1) is 17.6. The van der Waals surface area contributed by atoms with Gasteiger partial charge in [-0.1, -0.05) is 46.6 Å². The van der Waals surface area contributed by atoms with Crippen molar-refractivity contribution in [1.29, 1.82) is 0 Å². The van der Waals surface area contributed by atoms with Crippen LogP contribution in [0.25, 0.3) is 11.4 Å². The average molecular weight is 378 g/mol. The molecule has 130 valence electrons. The van der Waals surface area contributed by atoms with Crippen LogP contribution in [0.1, 0.15) is 24.4 Å². The van der Waals surface area contributed by atoms with E-state index in [9.17, 15) is 8.42 Å². The van der Waals surface area contributed by atoms with E-state index >= 15 is 0 Å². The van der Waals surface area contributed by atoms with E-state index in [-0.39, 0.29) is 10.8 Å². The normalized spacial score (nSPS) is 12.9. The summed E-state index contributed by atoms with van der Waals surface area (Å²) in [7, 11) is -3.72. The molecule has 0 amide bonds. The van der Waals surface area contributed by atoms with Gasteiger partial charge in [-0.15, -0.1) is 0 Å². The number of aryl methyl sites for hydroxylation is 1. The number of sulfonamides is 1. The van der Waals surface area contributed by atoms with E-state index in [1.165, 1.54) is 24.3 Å². The van der Waals surface area contributed by atoms with Crippen LogP contribution in [0, 0.1) is 6.92 Å². The van der Waals surface area contributed by atoms with Gasteiger partial charge in [0.05, 0.1) is 10.9 Å². The summed E-state index contributed by atoms with van der Waals surface area (Å²) in [6.07, 6.45) is 0. The Kier molecular flexibility index (Phi) is 4.89. The number of hydrogen-bond donors (Lipinski definition) is 1. The molecule has 2 aromatic carbocycles. The number of hydrogen-bond acceptors (Lipinski definition) is 5. The van der Waals surface area contributed by atoms with Gasteiger partial charge in [-0.2, -0.15) is 9.71 Å². The van der Waals surface area contributed by atoms with Crippen LogP contribution >= 0.6 is 11.6 Å². The maximum absolute atomic E-state index is 12.4. The van der Waals surface area contributed by atoms with E-state index in [4.69, 9.17) is 16.1 Å². The lowest BCUT2D eigenvalue weighted by molar-refractivity contribution is 0.354. The molecular weight excluding hydrogens is 362 g/mol. The molecule has 0 saturated heterocycles. The van der Waals surface area contributed by atoms with Gasteiger partial charge in [-0.3, -0.25) is 0 Å². The van der Waals surface area contributed by atoms with Gasteiger partial charge < -0.3 is 4.52 Å². The van der Waals surface area contributed by atoms with Crippen LogP contribution < -0.4 is 4.72 Å². The molecule has 6 nitrogen and oxygen atoms in total. The largest absolute Gasteiger partial charge is 0.337 e. The third kappa shape index (κ3) is 4.07. The molecule has 0 aliphatic rings. The first-order valence-corrected chi connectivity index (χ1v) is 9.40. The number of nitrogens with one attached hydrogen (secondary N) is 1. The van der Waals surface area contributed by atoms with Crippen molar-refractivity contribution in [1.82, 2.24) is 14.9 Å². The molecule has 25 heavy (non-hydrogen) atoms. The van der Waals surface area contributed by atoms with Crippen molar-refractivity contribution in [3.05, 3.63) is 65.0 Å². The van der Waals surface area contributed by atoms with Gasteiger partial charge in [0.25, 0.3) is 0 Å².